The first kappa shape index (κ1) is 11.7. The van der Waals surface area contributed by atoms with E-state index in [9.17, 15) is 13.2 Å². The van der Waals surface area contributed by atoms with Crippen LogP contribution >= 0.6 is 8.60 Å². The van der Waals surface area contributed by atoms with E-state index in [1.54, 1.807) is 0 Å². The third-order valence-corrected chi connectivity index (χ3v) is 1.12. The third-order valence-electron chi connectivity index (χ3n) is 0.827. The van der Waals surface area contributed by atoms with Crippen LogP contribution in [0.1, 0.15) is 13.3 Å². The van der Waals surface area contributed by atoms with E-state index in [0.29, 0.717) is 6.26 Å². The first-order valence-corrected chi connectivity index (χ1v) is 4.05. The lowest BCUT2D eigenvalue weighted by Crippen LogP contribution is -2.07. The molecule has 0 saturated carbocycles. The van der Waals surface area contributed by atoms with Crippen LogP contribution in [-0.4, -0.2) is 16.0 Å². The minimum absolute atomic E-state index is 0.113. The zero-order valence-electron chi connectivity index (χ0n) is 6.17. The molecular formula is C5H8F3O3P. The monoisotopic (exact) mass is 204 g/mol. The highest BCUT2D eigenvalue weighted by molar-refractivity contribution is 7.39. The Morgan fingerprint density at radius 2 is 2.00 bits per heavy atom. The number of hydrogen-bond acceptors (Lipinski definition) is 3. The van der Waals surface area contributed by atoms with Crippen molar-refractivity contribution in [3.8, 4) is 0 Å². The Morgan fingerprint density at radius 1 is 1.50 bits per heavy atom. The molecule has 0 spiro atoms. The fourth-order valence-electron chi connectivity index (χ4n) is 0.495. The molecule has 3 nitrogen and oxygen atoms in total. The lowest BCUT2D eigenvalue weighted by Gasteiger charge is -2.06. The fourth-order valence-corrected chi connectivity index (χ4v) is 0.769. The smallest absolute Gasteiger partial charge is 0.392 e. The first-order valence-electron chi connectivity index (χ1n) is 2.88. The summed E-state index contributed by atoms with van der Waals surface area (Å²) in [7, 11) is -2.62. The van der Waals surface area contributed by atoms with Crippen LogP contribution in [0.15, 0.2) is 11.8 Å². The quantitative estimate of drug-likeness (QED) is 0.546. The zero-order valence-corrected chi connectivity index (χ0v) is 7.06. The maximum atomic E-state index is 11.6. The molecule has 0 amide bonds. The Kier molecular flexibility index (Phi) is 4.52. The maximum Gasteiger partial charge on any atom is 0.392 e. The first-order chi connectivity index (χ1) is 5.31. The van der Waals surface area contributed by atoms with E-state index >= 15 is 0 Å². The van der Waals surface area contributed by atoms with Crippen molar-refractivity contribution < 1.29 is 27.5 Å². The van der Waals surface area contributed by atoms with Crippen LogP contribution in [0.3, 0.4) is 0 Å². The Balaban J connectivity index is 3.86. The zero-order chi connectivity index (χ0) is 9.78. The Morgan fingerprint density at radius 3 is 2.33 bits per heavy atom. The van der Waals surface area contributed by atoms with Gasteiger partial charge >= 0.3 is 14.8 Å². The standard InChI is InChI=1S/C5H8F3O3P/c1-4(2-5(6,7)8)3-11-12(9)10/h3,9-10H,2H2,1H3. The molecule has 0 radical (unpaired) electrons. The van der Waals surface area contributed by atoms with E-state index in [2.05, 4.69) is 4.52 Å². The van der Waals surface area contributed by atoms with Crippen molar-refractivity contribution in [1.29, 1.82) is 0 Å². The van der Waals surface area contributed by atoms with Crippen LogP contribution in [0.2, 0.25) is 0 Å². The Labute approximate surface area is 68.5 Å². The van der Waals surface area contributed by atoms with Crippen molar-refractivity contribution >= 4 is 8.60 Å². The van der Waals surface area contributed by atoms with Gasteiger partial charge in [-0.15, -0.1) is 0 Å². The van der Waals surface area contributed by atoms with Gasteiger partial charge in [-0.1, -0.05) is 0 Å². The second-order valence-electron chi connectivity index (χ2n) is 2.11. The molecule has 0 aromatic carbocycles. The summed E-state index contributed by atoms with van der Waals surface area (Å²) in [6.45, 7) is 1.19. The summed E-state index contributed by atoms with van der Waals surface area (Å²) in [6, 6.07) is 0. The van der Waals surface area contributed by atoms with E-state index in [1.165, 1.54) is 6.92 Å². The highest BCUT2D eigenvalue weighted by Gasteiger charge is 2.27. The molecule has 0 bridgehead atoms. The summed E-state index contributed by atoms with van der Waals surface area (Å²) in [5.41, 5.74) is -0.113. The van der Waals surface area contributed by atoms with Gasteiger partial charge in [0.1, 0.15) is 0 Å². The van der Waals surface area contributed by atoms with Crippen molar-refractivity contribution in [1.82, 2.24) is 0 Å². The third kappa shape index (κ3) is 7.78. The van der Waals surface area contributed by atoms with Gasteiger partial charge < -0.3 is 14.3 Å². The van der Waals surface area contributed by atoms with Gasteiger partial charge in [-0.05, 0) is 12.5 Å². The molecule has 0 aromatic heterocycles. The summed E-state index contributed by atoms with van der Waals surface area (Å²) in [5, 5.41) is 0. The van der Waals surface area contributed by atoms with Crippen molar-refractivity contribution in [2.45, 2.75) is 19.5 Å². The summed E-state index contributed by atoms with van der Waals surface area (Å²) in [5.74, 6) is 0. The molecule has 7 heteroatoms. The van der Waals surface area contributed by atoms with Crippen LogP contribution < -0.4 is 0 Å². The van der Waals surface area contributed by atoms with E-state index in [-0.39, 0.29) is 5.57 Å². The van der Waals surface area contributed by atoms with Gasteiger partial charge in [0.05, 0.1) is 12.7 Å². The summed E-state index contributed by atoms with van der Waals surface area (Å²) >= 11 is 0. The molecule has 2 N–H and O–H groups in total. The molecule has 12 heavy (non-hydrogen) atoms. The number of hydrogen-bond donors (Lipinski definition) is 2. The predicted octanol–water partition coefficient (Wildman–Crippen LogP) is 2.07. The number of allylic oxidation sites excluding steroid dienone is 1. The molecule has 0 aliphatic rings. The van der Waals surface area contributed by atoms with Gasteiger partial charge in [0.15, 0.2) is 0 Å². The molecular weight excluding hydrogens is 196 g/mol. The largest absolute Gasteiger partial charge is 0.435 e. The molecule has 72 valence electrons. The van der Waals surface area contributed by atoms with Crippen molar-refractivity contribution in [2.75, 3.05) is 0 Å². The van der Waals surface area contributed by atoms with Crippen LogP contribution in [-0.2, 0) is 4.52 Å². The number of rotatable bonds is 3. The van der Waals surface area contributed by atoms with Crippen LogP contribution in [0.25, 0.3) is 0 Å². The van der Waals surface area contributed by atoms with Crippen LogP contribution in [0.4, 0.5) is 13.2 Å². The molecule has 0 atom stereocenters. The van der Waals surface area contributed by atoms with E-state index in [0.717, 1.165) is 0 Å². The van der Waals surface area contributed by atoms with Crippen LogP contribution in [0, 0.1) is 0 Å². The number of halogens is 3. The minimum Gasteiger partial charge on any atom is -0.435 e. The molecule has 0 unspecified atom stereocenters. The van der Waals surface area contributed by atoms with E-state index in [1.807, 2.05) is 0 Å². The van der Waals surface area contributed by atoms with Gasteiger partial charge in [0.2, 0.25) is 0 Å². The number of alkyl halides is 3. The van der Waals surface area contributed by atoms with E-state index in [4.69, 9.17) is 9.79 Å². The Hall–Kier alpha value is -0.320. The second-order valence-corrected chi connectivity index (χ2v) is 2.83. The molecule has 0 rings (SSSR count). The normalized spacial score (nSPS) is 13.8. The summed E-state index contributed by atoms with van der Waals surface area (Å²) in [6.07, 6.45) is -4.72. The average Bonchev–Trinajstić information content (AvgIpc) is 1.79. The molecule has 0 aliphatic carbocycles. The lowest BCUT2D eigenvalue weighted by atomic mass is 10.2. The van der Waals surface area contributed by atoms with Gasteiger partial charge in [0, 0.05) is 0 Å². The lowest BCUT2D eigenvalue weighted by molar-refractivity contribution is -0.127. The SMILES string of the molecule is CC(=COP(O)O)CC(F)(F)F. The molecule has 0 fully saturated rings. The fraction of sp³-hybridized carbons (Fsp3) is 0.600. The second kappa shape index (κ2) is 4.64. The molecule has 0 aromatic rings. The molecule has 0 aliphatic heterocycles. The van der Waals surface area contributed by atoms with Crippen molar-refractivity contribution in [3.63, 3.8) is 0 Å². The summed E-state index contributed by atoms with van der Waals surface area (Å²) < 4.78 is 38.9. The maximum absolute atomic E-state index is 11.6. The topological polar surface area (TPSA) is 49.7 Å². The Bertz CT molecular complexity index is 166. The minimum atomic E-state index is -4.29. The van der Waals surface area contributed by atoms with Crippen LogP contribution in [0.5, 0.6) is 0 Å². The molecule has 0 heterocycles. The van der Waals surface area contributed by atoms with E-state index < -0.39 is 21.2 Å². The summed E-state index contributed by atoms with van der Waals surface area (Å²) in [4.78, 5) is 16.3. The van der Waals surface area contributed by atoms with Gasteiger partial charge in [-0.25, -0.2) is 0 Å². The average molecular weight is 204 g/mol. The highest BCUT2D eigenvalue weighted by Crippen LogP contribution is 2.28. The van der Waals surface area contributed by atoms with Gasteiger partial charge in [-0.2, -0.15) is 13.2 Å². The predicted molar refractivity (Wildman–Crippen MR) is 36.9 cm³/mol. The highest BCUT2D eigenvalue weighted by atomic mass is 31.2. The van der Waals surface area contributed by atoms with Crippen molar-refractivity contribution in [2.24, 2.45) is 0 Å². The van der Waals surface area contributed by atoms with Gasteiger partial charge in [-0.3, -0.25) is 0 Å². The molecule has 0 saturated heterocycles. The van der Waals surface area contributed by atoms with Gasteiger partial charge in [0.25, 0.3) is 0 Å². The van der Waals surface area contributed by atoms with Crippen molar-refractivity contribution in [3.05, 3.63) is 11.8 Å².